The molecule has 31 heteroatoms. The minimum Gasteiger partial charge on any atom is -0.459 e. The van der Waals surface area contributed by atoms with Crippen molar-refractivity contribution in [2.75, 3.05) is 34.7 Å². The van der Waals surface area contributed by atoms with Gasteiger partial charge < -0.3 is 36.0 Å². The average Bonchev–Trinajstić information content (AvgIpc) is 4.05. The van der Waals surface area contributed by atoms with Gasteiger partial charge >= 0.3 is 12.4 Å². The Bertz CT molecular complexity index is 3630. The van der Waals surface area contributed by atoms with E-state index in [2.05, 4.69) is 30.7 Å². The van der Waals surface area contributed by atoms with Crippen molar-refractivity contribution >= 4 is 69.3 Å². The zero-order valence-electron chi connectivity index (χ0n) is 44.5. The largest absolute Gasteiger partial charge is 0.459 e. The lowest BCUT2D eigenvalue weighted by Gasteiger charge is -2.26. The third-order valence-electron chi connectivity index (χ3n) is 10.5. The summed E-state index contributed by atoms with van der Waals surface area (Å²) < 4.78 is 132. The number of pyridine rings is 1. The zero-order valence-corrected chi connectivity index (χ0v) is 46.9. The van der Waals surface area contributed by atoms with E-state index in [1.807, 2.05) is 26.8 Å². The number of amides is 2. The minimum atomic E-state index is -4.61. The highest BCUT2D eigenvalue weighted by molar-refractivity contribution is 7.98. The van der Waals surface area contributed by atoms with E-state index in [1.54, 1.807) is 44.4 Å². The maximum atomic E-state index is 13.7. The molecule has 8 rings (SSSR count). The van der Waals surface area contributed by atoms with E-state index in [0.717, 1.165) is 35.0 Å². The topological polar surface area (TPSA) is 259 Å². The van der Waals surface area contributed by atoms with Crippen LogP contribution in [0.4, 0.5) is 62.3 Å². The summed E-state index contributed by atoms with van der Waals surface area (Å²) in [6.07, 6.45) is -6.10. The number of nitrogen functional groups attached to an aromatic ring is 2. The average molecular weight is 1240 g/mol. The Labute approximate surface area is 484 Å². The molecule has 0 aliphatic heterocycles. The van der Waals surface area contributed by atoms with Gasteiger partial charge in [-0.05, 0) is 105 Å². The summed E-state index contributed by atoms with van der Waals surface area (Å²) in [6.45, 7) is 8.68. The predicted molar refractivity (Wildman–Crippen MR) is 295 cm³/mol. The first-order valence-electron chi connectivity index (χ1n) is 23.8. The standard InChI is InChI=1S/C19H11F5N2O2.C14H13F4N3O2S.C12H9ClN2O3.C8H14N4OS/c20-12-6-7-16(15(21)10-12)26-17(27)14-5-2-8-25-18(14)28-13-4-1-3-11(9-13)19(22,23)24;1-8(2)21(10-5-3-9(15)4-6-10)11(22)7-23-13-20-19-12(24-13)14(16,17)18;13-11-10(18-8-4-2-1-3-5-8)7-6-9(12(11)14)15(16)17;1-8(2,3)5-6(13)12(9)7(14-4)11-10-5/h1-10H,(H,26,27);3-6,8H,7H2,1-2H3;1-7H,14H2;9H2,1-4H3. The van der Waals surface area contributed by atoms with Crippen LogP contribution < -0.4 is 41.6 Å². The molecular formula is C53H47ClF9N11O8S2. The number of nitrogens with two attached hydrogens (primary N) is 2. The van der Waals surface area contributed by atoms with Gasteiger partial charge in [-0.15, -0.1) is 15.3 Å². The van der Waals surface area contributed by atoms with E-state index >= 15 is 0 Å². The summed E-state index contributed by atoms with van der Waals surface area (Å²) in [7, 11) is 0. The Hall–Kier alpha value is -9.03. The first-order valence-corrected chi connectivity index (χ1v) is 26.2. The van der Waals surface area contributed by atoms with Crippen LogP contribution in [0, 0.1) is 27.6 Å². The van der Waals surface area contributed by atoms with Crippen LogP contribution >= 0.6 is 34.7 Å². The van der Waals surface area contributed by atoms with Gasteiger partial charge in [0.1, 0.15) is 56.7 Å². The molecule has 444 valence electrons. The second-order valence-electron chi connectivity index (χ2n) is 18.0. The molecule has 19 nitrogen and oxygen atoms in total. The predicted octanol–water partition coefficient (Wildman–Crippen LogP) is 12.9. The highest BCUT2D eigenvalue weighted by Crippen LogP contribution is 2.39. The van der Waals surface area contributed by atoms with Gasteiger partial charge in [-0.3, -0.25) is 24.5 Å². The zero-order chi connectivity index (χ0) is 62.3. The first kappa shape index (κ1) is 65.8. The van der Waals surface area contributed by atoms with Crippen LogP contribution in [0.25, 0.3) is 0 Å². The number of alkyl halides is 6. The fraction of sp³-hybridized carbons (Fsp3) is 0.208. The summed E-state index contributed by atoms with van der Waals surface area (Å²) in [4.78, 5) is 51.7. The number of benzene rings is 5. The second-order valence-corrected chi connectivity index (χ2v) is 20.1. The molecule has 3 heterocycles. The Morgan fingerprint density at radius 3 is 2.06 bits per heavy atom. The fourth-order valence-electron chi connectivity index (χ4n) is 6.59. The number of hydrogen-bond donors (Lipinski definition) is 3. The lowest BCUT2D eigenvalue weighted by atomic mass is 9.93. The number of ether oxygens (including phenoxy) is 3. The molecule has 0 fully saturated rings. The summed E-state index contributed by atoms with van der Waals surface area (Å²) in [6, 6.07) is 26.0. The van der Waals surface area contributed by atoms with Crippen molar-refractivity contribution in [2.24, 2.45) is 0 Å². The molecule has 0 saturated carbocycles. The van der Waals surface area contributed by atoms with Crippen LogP contribution in [0.15, 0.2) is 137 Å². The normalized spacial score (nSPS) is 11.2. The molecule has 0 atom stereocenters. The van der Waals surface area contributed by atoms with E-state index in [-0.39, 0.29) is 78.6 Å². The highest BCUT2D eigenvalue weighted by atomic mass is 35.5. The Morgan fingerprint density at radius 2 is 1.48 bits per heavy atom. The third-order valence-corrected chi connectivity index (χ3v) is 12.4. The van der Waals surface area contributed by atoms with Gasteiger partial charge in [-0.25, -0.2) is 18.2 Å². The van der Waals surface area contributed by atoms with Crippen molar-refractivity contribution in [3.63, 3.8) is 0 Å². The van der Waals surface area contributed by atoms with Crippen molar-refractivity contribution in [1.82, 2.24) is 30.1 Å². The molecule has 2 amide bonds. The molecule has 0 saturated heterocycles. The van der Waals surface area contributed by atoms with Crippen molar-refractivity contribution < 1.29 is 68.2 Å². The Kier molecular flexibility index (Phi) is 22.5. The van der Waals surface area contributed by atoms with Crippen molar-refractivity contribution in [2.45, 2.75) is 63.6 Å². The number of thioether (sulfide) groups is 1. The number of nitro benzene ring substituents is 1. The van der Waals surface area contributed by atoms with Gasteiger partial charge in [0.05, 0.1) is 16.2 Å². The van der Waals surface area contributed by atoms with Gasteiger partial charge in [-0.2, -0.15) is 31.0 Å². The summed E-state index contributed by atoms with van der Waals surface area (Å²) in [5, 5.41) is 25.8. The van der Waals surface area contributed by atoms with E-state index in [9.17, 15) is 64.0 Å². The maximum absolute atomic E-state index is 13.7. The molecule has 0 unspecified atom stereocenters. The molecule has 5 aromatic carbocycles. The van der Waals surface area contributed by atoms with E-state index < -0.39 is 63.7 Å². The van der Waals surface area contributed by atoms with Crippen molar-refractivity contribution in [1.29, 1.82) is 0 Å². The van der Waals surface area contributed by atoms with Crippen LogP contribution in [0.5, 0.6) is 28.3 Å². The summed E-state index contributed by atoms with van der Waals surface area (Å²) in [5.74, 6) is 2.39. The van der Waals surface area contributed by atoms with E-state index in [0.29, 0.717) is 28.4 Å². The number of carbonyl (C=O) groups excluding carboxylic acids is 2. The quantitative estimate of drug-likeness (QED) is 0.0242. The van der Waals surface area contributed by atoms with Crippen LogP contribution in [-0.4, -0.2) is 65.7 Å². The Balaban J connectivity index is 0.000000211. The van der Waals surface area contributed by atoms with E-state index in [4.69, 9.17) is 37.4 Å². The number of nitrogens with one attached hydrogen (secondary N) is 1. The number of aromatic nitrogens is 6. The van der Waals surface area contributed by atoms with Crippen LogP contribution in [0.1, 0.15) is 61.2 Å². The second kappa shape index (κ2) is 28.8. The molecular weight excluding hydrogens is 1190 g/mol. The van der Waals surface area contributed by atoms with Gasteiger partial charge in [0.15, 0.2) is 6.61 Å². The number of carbonyl (C=O) groups is 2. The highest BCUT2D eigenvalue weighted by Gasteiger charge is 2.36. The van der Waals surface area contributed by atoms with Crippen molar-refractivity contribution in [3.8, 4) is 28.3 Å². The SMILES string of the molecule is CC(C)N(C(=O)COc1nnc(C(F)(F)F)s1)c1ccc(F)cc1.CSc1nnc(C(C)(C)C)c(=O)n1N.Nc1c([N+](=O)[O-])ccc(Oc2ccccc2)c1Cl.O=C(Nc1ccc(F)cc1F)c1cccnc1Oc1cccc(C(F)(F)F)c1. The maximum Gasteiger partial charge on any atom is 0.445 e. The molecule has 8 aromatic rings. The van der Waals surface area contributed by atoms with Crippen LogP contribution in [0.3, 0.4) is 0 Å². The molecule has 5 N–H and O–H groups in total. The first-order chi connectivity index (χ1) is 39.4. The molecule has 3 aromatic heterocycles. The van der Waals surface area contributed by atoms with Crippen LogP contribution in [0.2, 0.25) is 5.02 Å². The molecule has 0 aliphatic carbocycles. The van der Waals surface area contributed by atoms with E-state index in [1.165, 1.54) is 77.5 Å². The molecule has 0 radical (unpaired) electrons. The van der Waals surface area contributed by atoms with Gasteiger partial charge in [0, 0.05) is 35.5 Å². The molecule has 84 heavy (non-hydrogen) atoms. The Morgan fingerprint density at radius 1 is 0.821 bits per heavy atom. The molecule has 0 bridgehead atoms. The summed E-state index contributed by atoms with van der Waals surface area (Å²) >= 11 is 7.44. The number of halogens is 10. The van der Waals surface area contributed by atoms with Gasteiger partial charge in [0.25, 0.3) is 28.3 Å². The molecule has 0 spiro atoms. The fourth-order valence-corrected chi connectivity index (χ4v) is 7.75. The number of para-hydroxylation sites is 1. The number of hydrogen-bond acceptors (Lipinski definition) is 17. The lowest BCUT2D eigenvalue weighted by molar-refractivity contribution is -0.383. The number of nitro groups is 1. The number of anilines is 3. The third kappa shape index (κ3) is 18.5. The smallest absolute Gasteiger partial charge is 0.445 e. The molecule has 0 aliphatic rings. The number of nitrogens with zero attached hydrogens (tertiary/aromatic N) is 8. The van der Waals surface area contributed by atoms with Gasteiger partial charge in [-0.1, -0.05) is 84.8 Å². The number of rotatable bonds is 13. The van der Waals surface area contributed by atoms with Crippen molar-refractivity contribution in [3.05, 3.63) is 192 Å². The monoisotopic (exact) mass is 1240 g/mol. The van der Waals surface area contributed by atoms with Crippen LogP contribution in [-0.2, 0) is 22.6 Å². The van der Waals surface area contributed by atoms with Gasteiger partial charge in [0.2, 0.25) is 16.0 Å². The lowest BCUT2D eigenvalue weighted by Crippen LogP contribution is -2.40. The summed E-state index contributed by atoms with van der Waals surface area (Å²) in [5.41, 5.74) is 4.12. The minimum absolute atomic E-state index is 0.0352.